The summed E-state index contributed by atoms with van der Waals surface area (Å²) in [5, 5.41) is 10.8. The van der Waals surface area contributed by atoms with Gasteiger partial charge in [0.1, 0.15) is 0 Å². The lowest BCUT2D eigenvalue weighted by atomic mass is 10.1. The molecule has 0 saturated carbocycles. The Balaban J connectivity index is 1.78. The van der Waals surface area contributed by atoms with Gasteiger partial charge in [0.25, 0.3) is 5.91 Å². The number of aromatic nitrogens is 3. The summed E-state index contributed by atoms with van der Waals surface area (Å²) >= 11 is 0. The fraction of sp³-hybridized carbons (Fsp3) is 0.200. The van der Waals surface area contributed by atoms with E-state index in [9.17, 15) is 9.59 Å². The summed E-state index contributed by atoms with van der Waals surface area (Å²) in [7, 11) is 1.32. The van der Waals surface area contributed by atoms with Gasteiger partial charge in [0.05, 0.1) is 24.9 Å². The molecule has 0 saturated heterocycles. The zero-order chi connectivity index (χ0) is 19.4. The Morgan fingerprint density at radius 2 is 1.85 bits per heavy atom. The monoisotopic (exact) mass is 364 g/mol. The second kappa shape index (κ2) is 7.82. The molecule has 0 aliphatic carbocycles. The molecule has 0 aliphatic rings. The standard InChI is InChI=1S/C20H20N4O3/c1-13-9-10-16(11-17(13)20(26)27-3)21-19(25)18-14(2)24(23-22-18)12-15-7-5-4-6-8-15/h4-11H,12H2,1-3H3,(H,21,25). The van der Waals surface area contributed by atoms with E-state index in [0.29, 0.717) is 23.5 Å². The number of aryl methyl sites for hydroxylation is 1. The van der Waals surface area contributed by atoms with Crippen LogP contribution in [0.5, 0.6) is 0 Å². The van der Waals surface area contributed by atoms with Gasteiger partial charge in [-0.25, -0.2) is 9.48 Å². The zero-order valence-electron chi connectivity index (χ0n) is 15.4. The second-order valence-electron chi connectivity index (χ2n) is 6.14. The lowest BCUT2D eigenvalue weighted by Crippen LogP contribution is -2.15. The van der Waals surface area contributed by atoms with Crippen LogP contribution in [0.1, 0.15) is 37.7 Å². The van der Waals surface area contributed by atoms with Crippen LogP contribution < -0.4 is 5.32 Å². The number of hydrogen-bond acceptors (Lipinski definition) is 5. The zero-order valence-corrected chi connectivity index (χ0v) is 15.4. The molecular weight excluding hydrogens is 344 g/mol. The summed E-state index contributed by atoms with van der Waals surface area (Å²) < 4.78 is 6.44. The number of nitrogens with one attached hydrogen (secondary N) is 1. The number of ether oxygens (including phenoxy) is 1. The van der Waals surface area contributed by atoms with E-state index in [1.807, 2.05) is 30.3 Å². The molecule has 0 atom stereocenters. The lowest BCUT2D eigenvalue weighted by molar-refractivity contribution is 0.0599. The minimum absolute atomic E-state index is 0.242. The molecule has 0 fully saturated rings. The smallest absolute Gasteiger partial charge is 0.338 e. The SMILES string of the molecule is COC(=O)c1cc(NC(=O)c2nnn(Cc3ccccc3)c2C)ccc1C. The van der Waals surface area contributed by atoms with Gasteiger partial charge in [-0.15, -0.1) is 5.10 Å². The van der Waals surface area contributed by atoms with Crippen LogP contribution in [0.3, 0.4) is 0 Å². The predicted molar refractivity (Wildman–Crippen MR) is 101 cm³/mol. The van der Waals surface area contributed by atoms with Crippen LogP contribution in [0.2, 0.25) is 0 Å². The van der Waals surface area contributed by atoms with Crippen molar-refractivity contribution >= 4 is 17.6 Å². The quantitative estimate of drug-likeness (QED) is 0.704. The number of nitrogens with zero attached hydrogens (tertiary/aromatic N) is 3. The van der Waals surface area contributed by atoms with Gasteiger partial charge < -0.3 is 10.1 Å². The van der Waals surface area contributed by atoms with Gasteiger partial charge in [0, 0.05) is 5.69 Å². The van der Waals surface area contributed by atoms with Crippen molar-refractivity contribution in [2.24, 2.45) is 0 Å². The van der Waals surface area contributed by atoms with Crippen LogP contribution in [-0.2, 0) is 11.3 Å². The maximum absolute atomic E-state index is 12.6. The van der Waals surface area contributed by atoms with Crippen molar-refractivity contribution in [3.8, 4) is 0 Å². The molecule has 3 aromatic rings. The van der Waals surface area contributed by atoms with Gasteiger partial charge in [-0.1, -0.05) is 41.6 Å². The minimum Gasteiger partial charge on any atom is -0.465 e. The molecule has 138 valence electrons. The van der Waals surface area contributed by atoms with Crippen LogP contribution in [0, 0.1) is 13.8 Å². The van der Waals surface area contributed by atoms with Crippen LogP contribution in [0.4, 0.5) is 5.69 Å². The predicted octanol–water partition coefficient (Wildman–Crippen LogP) is 2.98. The van der Waals surface area contributed by atoms with E-state index in [1.165, 1.54) is 7.11 Å². The van der Waals surface area contributed by atoms with Crippen LogP contribution in [0.25, 0.3) is 0 Å². The Kier molecular flexibility index (Phi) is 5.30. The van der Waals surface area contributed by atoms with Crippen molar-refractivity contribution in [2.45, 2.75) is 20.4 Å². The van der Waals surface area contributed by atoms with E-state index in [-0.39, 0.29) is 11.6 Å². The van der Waals surface area contributed by atoms with Gasteiger partial charge in [-0.3, -0.25) is 4.79 Å². The molecule has 1 heterocycles. The van der Waals surface area contributed by atoms with Crippen LogP contribution in [0.15, 0.2) is 48.5 Å². The highest BCUT2D eigenvalue weighted by molar-refractivity contribution is 6.04. The first-order valence-corrected chi connectivity index (χ1v) is 8.44. The Labute approximate surface area is 157 Å². The molecule has 3 rings (SSSR count). The summed E-state index contributed by atoms with van der Waals surface area (Å²) in [6.07, 6.45) is 0. The first-order chi connectivity index (χ1) is 13.0. The van der Waals surface area contributed by atoms with Gasteiger partial charge in [-0.05, 0) is 37.1 Å². The number of esters is 1. The third-order valence-corrected chi connectivity index (χ3v) is 4.27. The van der Waals surface area contributed by atoms with Crippen molar-refractivity contribution < 1.29 is 14.3 Å². The number of rotatable bonds is 5. The fourth-order valence-corrected chi connectivity index (χ4v) is 2.70. The number of methoxy groups -OCH3 is 1. The fourth-order valence-electron chi connectivity index (χ4n) is 2.70. The molecule has 2 aromatic carbocycles. The van der Waals surface area contributed by atoms with Gasteiger partial charge in [0.15, 0.2) is 5.69 Å². The molecular formula is C20H20N4O3. The van der Waals surface area contributed by atoms with E-state index in [0.717, 1.165) is 11.1 Å². The van der Waals surface area contributed by atoms with Crippen LogP contribution in [-0.4, -0.2) is 34.0 Å². The normalized spacial score (nSPS) is 10.5. The lowest BCUT2D eigenvalue weighted by Gasteiger charge is -2.08. The van der Waals surface area contributed by atoms with Gasteiger partial charge in [0.2, 0.25) is 0 Å². The number of amides is 1. The van der Waals surface area contributed by atoms with Crippen molar-refractivity contribution in [1.29, 1.82) is 0 Å². The van der Waals surface area contributed by atoms with E-state index < -0.39 is 5.97 Å². The summed E-state index contributed by atoms with van der Waals surface area (Å²) in [5.74, 6) is -0.833. The molecule has 0 spiro atoms. The minimum atomic E-state index is -0.450. The van der Waals surface area contributed by atoms with Crippen molar-refractivity contribution in [1.82, 2.24) is 15.0 Å². The van der Waals surface area contributed by atoms with Crippen molar-refractivity contribution in [2.75, 3.05) is 12.4 Å². The Morgan fingerprint density at radius 1 is 1.11 bits per heavy atom. The molecule has 0 bridgehead atoms. The summed E-state index contributed by atoms with van der Waals surface area (Å²) in [4.78, 5) is 24.4. The molecule has 27 heavy (non-hydrogen) atoms. The largest absolute Gasteiger partial charge is 0.465 e. The maximum Gasteiger partial charge on any atom is 0.338 e. The molecule has 0 aliphatic heterocycles. The first-order valence-electron chi connectivity index (χ1n) is 8.44. The Bertz CT molecular complexity index is 980. The number of carbonyl (C=O) groups is 2. The van der Waals surface area contributed by atoms with Crippen molar-refractivity contribution in [3.63, 3.8) is 0 Å². The Hall–Kier alpha value is -3.48. The third-order valence-electron chi connectivity index (χ3n) is 4.27. The molecule has 0 unspecified atom stereocenters. The molecule has 1 aromatic heterocycles. The highest BCUT2D eigenvalue weighted by Crippen LogP contribution is 2.18. The van der Waals surface area contributed by atoms with Gasteiger partial charge >= 0.3 is 5.97 Å². The van der Waals surface area contributed by atoms with Gasteiger partial charge in [-0.2, -0.15) is 0 Å². The van der Waals surface area contributed by atoms with E-state index in [1.54, 1.807) is 36.7 Å². The third kappa shape index (κ3) is 4.03. The average Bonchev–Trinajstić information content (AvgIpc) is 3.04. The maximum atomic E-state index is 12.6. The number of carbonyl (C=O) groups excluding carboxylic acids is 2. The highest BCUT2D eigenvalue weighted by Gasteiger charge is 2.18. The molecule has 7 nitrogen and oxygen atoms in total. The van der Waals surface area contributed by atoms with Crippen LogP contribution >= 0.6 is 0 Å². The van der Waals surface area contributed by atoms with E-state index in [4.69, 9.17) is 4.74 Å². The number of hydrogen-bond donors (Lipinski definition) is 1. The average molecular weight is 364 g/mol. The highest BCUT2D eigenvalue weighted by atomic mass is 16.5. The molecule has 1 N–H and O–H groups in total. The van der Waals surface area contributed by atoms with Crippen molar-refractivity contribution in [3.05, 3.63) is 76.6 Å². The Morgan fingerprint density at radius 3 is 2.56 bits per heavy atom. The summed E-state index contributed by atoms with van der Waals surface area (Å²) in [6, 6.07) is 14.9. The topological polar surface area (TPSA) is 86.1 Å². The molecule has 1 amide bonds. The summed E-state index contributed by atoms with van der Waals surface area (Å²) in [5.41, 5.74) is 3.63. The van der Waals surface area contributed by atoms with E-state index >= 15 is 0 Å². The first kappa shape index (κ1) is 18.3. The number of anilines is 1. The second-order valence-corrected chi connectivity index (χ2v) is 6.14. The molecule has 0 radical (unpaired) electrons. The number of benzene rings is 2. The van der Waals surface area contributed by atoms with E-state index in [2.05, 4.69) is 15.6 Å². The molecule has 7 heteroatoms. The summed E-state index contributed by atoms with van der Waals surface area (Å²) in [6.45, 7) is 4.13.